The number of benzene rings is 2. The Labute approximate surface area is 145 Å². The fourth-order valence-electron chi connectivity index (χ4n) is 2.64. The first-order valence-electron chi connectivity index (χ1n) is 8.04. The molecule has 0 aliphatic carbocycles. The Bertz CT molecular complexity index is 895. The molecule has 3 aromatic rings. The second-order valence-electron chi connectivity index (χ2n) is 5.69. The fraction of sp³-hybridized carbons (Fsp3) is 0.150. The average Bonchev–Trinajstić information content (AvgIpc) is 3.02. The minimum absolute atomic E-state index is 0.140. The number of aromatic hydroxyl groups is 1. The van der Waals surface area contributed by atoms with E-state index in [0.29, 0.717) is 13.0 Å². The maximum Gasteiger partial charge on any atom is 0.244 e. The molecule has 0 aliphatic heterocycles. The second-order valence-corrected chi connectivity index (χ2v) is 5.69. The number of carbonyl (C=O) groups is 1. The van der Waals surface area contributed by atoms with Crippen molar-refractivity contribution in [2.75, 3.05) is 13.7 Å². The molecule has 0 saturated heterocycles. The summed E-state index contributed by atoms with van der Waals surface area (Å²) < 4.78 is 5.10. The van der Waals surface area contributed by atoms with Crippen LogP contribution in [-0.4, -0.2) is 29.7 Å². The molecule has 3 rings (SSSR count). The van der Waals surface area contributed by atoms with Crippen LogP contribution in [0.5, 0.6) is 11.5 Å². The molecule has 128 valence electrons. The van der Waals surface area contributed by atoms with Crippen molar-refractivity contribution in [3.63, 3.8) is 0 Å². The number of aromatic nitrogens is 1. The van der Waals surface area contributed by atoms with E-state index in [-0.39, 0.29) is 11.7 Å². The molecule has 0 aliphatic rings. The molecule has 3 N–H and O–H groups in total. The lowest BCUT2D eigenvalue weighted by Crippen LogP contribution is -2.23. The van der Waals surface area contributed by atoms with Crippen molar-refractivity contribution in [1.82, 2.24) is 10.3 Å². The van der Waals surface area contributed by atoms with Crippen molar-refractivity contribution in [3.8, 4) is 11.5 Å². The van der Waals surface area contributed by atoms with E-state index in [9.17, 15) is 9.90 Å². The van der Waals surface area contributed by atoms with Gasteiger partial charge in [-0.25, -0.2) is 0 Å². The zero-order valence-electron chi connectivity index (χ0n) is 14.0. The van der Waals surface area contributed by atoms with E-state index in [1.54, 1.807) is 25.3 Å². The summed E-state index contributed by atoms with van der Waals surface area (Å²) >= 11 is 0. The summed E-state index contributed by atoms with van der Waals surface area (Å²) in [6.45, 7) is 0.522. The molecule has 5 heteroatoms. The maximum atomic E-state index is 11.9. The Hall–Kier alpha value is -3.21. The van der Waals surface area contributed by atoms with Crippen molar-refractivity contribution < 1.29 is 14.6 Å². The number of carbonyl (C=O) groups excluding carboxylic acids is 1. The highest BCUT2D eigenvalue weighted by atomic mass is 16.5. The first kappa shape index (κ1) is 16.6. The lowest BCUT2D eigenvalue weighted by Gasteiger charge is -2.02. The van der Waals surface area contributed by atoms with Gasteiger partial charge < -0.3 is 20.1 Å². The largest absolute Gasteiger partial charge is 0.508 e. The smallest absolute Gasteiger partial charge is 0.244 e. The summed E-state index contributed by atoms with van der Waals surface area (Å²) in [7, 11) is 1.62. The molecule has 1 aromatic heterocycles. The van der Waals surface area contributed by atoms with Gasteiger partial charge in [-0.1, -0.05) is 12.1 Å². The molecular weight excluding hydrogens is 316 g/mol. The molecule has 25 heavy (non-hydrogen) atoms. The molecule has 0 fully saturated rings. The third-order valence-corrected chi connectivity index (χ3v) is 3.99. The quantitative estimate of drug-likeness (QED) is 0.605. The van der Waals surface area contributed by atoms with Gasteiger partial charge in [0.25, 0.3) is 0 Å². The first-order chi connectivity index (χ1) is 12.2. The number of ether oxygens (including phenoxy) is 1. The Balaban J connectivity index is 1.53. The van der Waals surface area contributed by atoms with Crippen LogP contribution < -0.4 is 10.1 Å². The summed E-state index contributed by atoms with van der Waals surface area (Å²) in [6.07, 6.45) is 5.87. The molecule has 0 atom stereocenters. The van der Waals surface area contributed by atoms with Crippen molar-refractivity contribution in [2.45, 2.75) is 6.42 Å². The van der Waals surface area contributed by atoms with Crippen LogP contribution in [-0.2, 0) is 11.2 Å². The topological polar surface area (TPSA) is 74.3 Å². The van der Waals surface area contributed by atoms with Gasteiger partial charge in [-0.15, -0.1) is 0 Å². The zero-order valence-corrected chi connectivity index (χ0v) is 14.0. The SMILES string of the molecule is COc1ccc(/C=C/C(=O)NCCc2c[nH]c3ccc(O)cc23)cc1. The highest BCUT2D eigenvalue weighted by Crippen LogP contribution is 2.23. The molecule has 0 radical (unpaired) electrons. The maximum absolute atomic E-state index is 11.9. The van der Waals surface area contributed by atoms with Crippen molar-refractivity contribution >= 4 is 22.9 Å². The third kappa shape index (κ3) is 4.20. The van der Waals surface area contributed by atoms with Crippen molar-refractivity contribution in [2.24, 2.45) is 0 Å². The summed E-state index contributed by atoms with van der Waals surface area (Å²) in [4.78, 5) is 15.1. The Kier molecular flexibility index (Phi) is 5.04. The summed E-state index contributed by atoms with van der Waals surface area (Å²) in [5.74, 6) is 0.879. The van der Waals surface area contributed by atoms with Gasteiger partial charge in [0.2, 0.25) is 5.91 Å². The predicted molar refractivity (Wildman–Crippen MR) is 98.7 cm³/mol. The van der Waals surface area contributed by atoms with Gasteiger partial charge in [-0.3, -0.25) is 4.79 Å². The molecule has 1 heterocycles. The molecule has 5 nitrogen and oxygen atoms in total. The number of phenols is 1. The van der Waals surface area contributed by atoms with Crippen LogP contribution in [0.15, 0.2) is 54.7 Å². The minimum Gasteiger partial charge on any atom is -0.508 e. The lowest BCUT2D eigenvalue weighted by atomic mass is 10.1. The number of methoxy groups -OCH3 is 1. The van der Waals surface area contributed by atoms with Crippen LogP contribution in [0.3, 0.4) is 0 Å². The lowest BCUT2D eigenvalue weighted by molar-refractivity contribution is -0.116. The van der Waals surface area contributed by atoms with E-state index in [0.717, 1.165) is 27.8 Å². The Morgan fingerprint density at radius 1 is 1.24 bits per heavy atom. The number of phenolic OH excluding ortho intramolecular Hbond substituents is 1. The normalized spacial score (nSPS) is 11.1. The number of hydrogen-bond donors (Lipinski definition) is 3. The van der Waals surface area contributed by atoms with E-state index in [2.05, 4.69) is 10.3 Å². The third-order valence-electron chi connectivity index (χ3n) is 3.99. The van der Waals surface area contributed by atoms with Gasteiger partial charge in [0.1, 0.15) is 11.5 Å². The zero-order chi connectivity index (χ0) is 17.6. The first-order valence-corrected chi connectivity index (χ1v) is 8.04. The van der Waals surface area contributed by atoms with Gasteiger partial charge >= 0.3 is 0 Å². The molecule has 0 bridgehead atoms. The number of aromatic amines is 1. The van der Waals surface area contributed by atoms with Crippen molar-refractivity contribution in [1.29, 1.82) is 0 Å². The number of hydrogen-bond acceptors (Lipinski definition) is 3. The van der Waals surface area contributed by atoms with Crippen LogP contribution in [0.1, 0.15) is 11.1 Å². The van der Waals surface area contributed by atoms with Gasteiger partial charge in [0.05, 0.1) is 7.11 Å². The van der Waals surface area contributed by atoms with Crippen molar-refractivity contribution in [3.05, 3.63) is 65.9 Å². The molecule has 0 saturated carbocycles. The summed E-state index contributed by atoms with van der Waals surface area (Å²) in [5, 5.41) is 13.4. The second kappa shape index (κ2) is 7.57. The number of fused-ring (bicyclic) bond motifs is 1. The van der Waals surface area contributed by atoms with Gasteiger partial charge in [0, 0.05) is 29.7 Å². The molecule has 0 spiro atoms. The number of H-pyrrole nitrogens is 1. The van der Waals surface area contributed by atoms with Gasteiger partial charge in [-0.2, -0.15) is 0 Å². The number of nitrogens with one attached hydrogen (secondary N) is 2. The van der Waals surface area contributed by atoms with Crippen LogP contribution in [0, 0.1) is 0 Å². The van der Waals surface area contributed by atoms with Crippen LogP contribution in [0.2, 0.25) is 0 Å². The monoisotopic (exact) mass is 336 g/mol. The standard InChI is InChI=1S/C20H20N2O3/c1-25-17-6-2-14(3-7-17)4-9-20(24)21-11-10-15-13-22-19-8-5-16(23)12-18(15)19/h2-9,12-13,22-23H,10-11H2,1H3,(H,21,24)/b9-4+. The van der Waals surface area contributed by atoms with E-state index in [1.807, 2.05) is 36.5 Å². The summed E-state index contributed by atoms with van der Waals surface area (Å²) in [5.41, 5.74) is 2.96. The molecule has 1 amide bonds. The fourth-order valence-corrected chi connectivity index (χ4v) is 2.64. The number of amides is 1. The molecule has 0 unspecified atom stereocenters. The molecular formula is C20H20N2O3. The van der Waals surface area contributed by atoms with E-state index in [4.69, 9.17) is 4.74 Å². The Morgan fingerprint density at radius 3 is 2.80 bits per heavy atom. The Morgan fingerprint density at radius 2 is 2.04 bits per heavy atom. The van der Waals surface area contributed by atoms with E-state index < -0.39 is 0 Å². The average molecular weight is 336 g/mol. The van der Waals surface area contributed by atoms with Crippen LogP contribution in [0.25, 0.3) is 17.0 Å². The molecule has 2 aromatic carbocycles. The van der Waals surface area contributed by atoms with Crippen LogP contribution >= 0.6 is 0 Å². The van der Waals surface area contributed by atoms with E-state index >= 15 is 0 Å². The van der Waals surface area contributed by atoms with Gasteiger partial charge in [0.15, 0.2) is 0 Å². The van der Waals surface area contributed by atoms with Crippen LogP contribution in [0.4, 0.5) is 0 Å². The number of rotatable bonds is 6. The highest BCUT2D eigenvalue weighted by molar-refractivity contribution is 5.91. The minimum atomic E-state index is -0.140. The highest BCUT2D eigenvalue weighted by Gasteiger charge is 2.05. The van der Waals surface area contributed by atoms with E-state index in [1.165, 1.54) is 6.08 Å². The van der Waals surface area contributed by atoms with Gasteiger partial charge in [-0.05, 0) is 54.0 Å². The summed E-state index contributed by atoms with van der Waals surface area (Å²) in [6, 6.07) is 12.7. The predicted octanol–water partition coefficient (Wildman–Crippen LogP) is 3.25.